The molecule has 2 aromatic heterocycles. The molecule has 122 valence electrons. The third kappa shape index (κ3) is 3.05. The van der Waals surface area contributed by atoms with Crippen LogP contribution in [-0.4, -0.2) is 32.8 Å². The Morgan fingerprint density at radius 1 is 1.42 bits per heavy atom. The molecule has 0 N–H and O–H groups in total. The van der Waals surface area contributed by atoms with Crippen LogP contribution in [0.3, 0.4) is 0 Å². The minimum absolute atomic E-state index is 0.0843. The maximum absolute atomic E-state index is 13.2. The SMILES string of the molecule is COC(=O)c1cncn(Cc2nc(-c3cccc(F)c3)no2)c1=O. The van der Waals surface area contributed by atoms with Crippen LogP contribution in [0.25, 0.3) is 11.4 Å². The van der Waals surface area contributed by atoms with Crippen molar-refractivity contribution in [2.75, 3.05) is 7.11 Å². The highest BCUT2D eigenvalue weighted by molar-refractivity contribution is 5.88. The summed E-state index contributed by atoms with van der Waals surface area (Å²) in [5.74, 6) is -0.910. The van der Waals surface area contributed by atoms with E-state index in [9.17, 15) is 14.0 Å². The van der Waals surface area contributed by atoms with E-state index in [1.807, 2.05) is 0 Å². The number of rotatable bonds is 4. The van der Waals surface area contributed by atoms with Crippen LogP contribution < -0.4 is 5.56 Å². The highest BCUT2D eigenvalue weighted by atomic mass is 19.1. The number of ether oxygens (including phenoxy) is 1. The van der Waals surface area contributed by atoms with Gasteiger partial charge in [0.25, 0.3) is 5.56 Å². The quantitative estimate of drug-likeness (QED) is 0.664. The summed E-state index contributed by atoms with van der Waals surface area (Å²) in [7, 11) is 1.17. The lowest BCUT2D eigenvalue weighted by atomic mass is 10.2. The van der Waals surface area contributed by atoms with Crippen molar-refractivity contribution in [3.05, 3.63) is 64.4 Å². The minimum atomic E-state index is -0.784. The number of esters is 1. The van der Waals surface area contributed by atoms with Gasteiger partial charge in [-0.15, -0.1) is 0 Å². The fraction of sp³-hybridized carbons (Fsp3) is 0.133. The summed E-state index contributed by atoms with van der Waals surface area (Å²) in [5.41, 5.74) is -0.356. The molecule has 0 saturated carbocycles. The van der Waals surface area contributed by atoms with Gasteiger partial charge in [-0.25, -0.2) is 14.2 Å². The molecule has 2 heterocycles. The van der Waals surface area contributed by atoms with E-state index in [0.717, 1.165) is 10.8 Å². The van der Waals surface area contributed by atoms with Crippen LogP contribution in [0.5, 0.6) is 0 Å². The number of methoxy groups -OCH3 is 1. The second-order valence-electron chi connectivity index (χ2n) is 4.75. The number of nitrogens with zero attached hydrogens (tertiary/aromatic N) is 4. The van der Waals surface area contributed by atoms with Gasteiger partial charge in [-0.3, -0.25) is 9.36 Å². The molecule has 3 rings (SSSR count). The van der Waals surface area contributed by atoms with Gasteiger partial charge in [-0.1, -0.05) is 17.3 Å². The summed E-state index contributed by atoms with van der Waals surface area (Å²) in [5, 5.41) is 3.75. The van der Waals surface area contributed by atoms with Crippen molar-refractivity contribution in [1.82, 2.24) is 19.7 Å². The molecular formula is C15H11FN4O4. The highest BCUT2D eigenvalue weighted by Crippen LogP contribution is 2.16. The van der Waals surface area contributed by atoms with Crippen molar-refractivity contribution in [3.8, 4) is 11.4 Å². The zero-order valence-corrected chi connectivity index (χ0v) is 12.5. The summed E-state index contributed by atoms with van der Waals surface area (Å²) in [6.45, 7) is -0.0843. The molecule has 0 radical (unpaired) electrons. The van der Waals surface area contributed by atoms with Gasteiger partial charge < -0.3 is 9.26 Å². The number of hydrogen-bond acceptors (Lipinski definition) is 7. The number of carbonyl (C=O) groups excluding carboxylic acids is 1. The lowest BCUT2D eigenvalue weighted by molar-refractivity contribution is 0.0597. The Kier molecular flexibility index (Phi) is 4.15. The second-order valence-corrected chi connectivity index (χ2v) is 4.75. The van der Waals surface area contributed by atoms with E-state index < -0.39 is 17.3 Å². The van der Waals surface area contributed by atoms with E-state index in [1.165, 1.54) is 31.6 Å². The van der Waals surface area contributed by atoms with Crippen LogP contribution >= 0.6 is 0 Å². The zero-order valence-electron chi connectivity index (χ0n) is 12.5. The molecule has 0 spiro atoms. The molecule has 24 heavy (non-hydrogen) atoms. The summed E-state index contributed by atoms with van der Waals surface area (Å²) in [6, 6.07) is 5.71. The van der Waals surface area contributed by atoms with Gasteiger partial charge in [0.15, 0.2) is 0 Å². The summed E-state index contributed by atoms with van der Waals surface area (Å²) < 4.78 is 23.9. The maximum Gasteiger partial charge on any atom is 0.345 e. The van der Waals surface area contributed by atoms with E-state index in [0.29, 0.717) is 5.56 Å². The Balaban J connectivity index is 1.88. The average Bonchev–Trinajstić information content (AvgIpc) is 3.05. The first-order chi connectivity index (χ1) is 11.6. The van der Waals surface area contributed by atoms with Crippen molar-refractivity contribution in [2.24, 2.45) is 0 Å². The van der Waals surface area contributed by atoms with E-state index >= 15 is 0 Å². The molecule has 0 aliphatic rings. The monoisotopic (exact) mass is 330 g/mol. The Bertz CT molecular complexity index is 950. The molecule has 0 unspecified atom stereocenters. The molecular weight excluding hydrogens is 319 g/mol. The molecule has 8 nitrogen and oxygen atoms in total. The van der Waals surface area contributed by atoms with Crippen LogP contribution in [-0.2, 0) is 11.3 Å². The number of aromatic nitrogens is 4. The minimum Gasteiger partial charge on any atom is -0.465 e. The van der Waals surface area contributed by atoms with Crippen molar-refractivity contribution in [3.63, 3.8) is 0 Å². The fourth-order valence-corrected chi connectivity index (χ4v) is 2.02. The number of carbonyl (C=O) groups is 1. The first-order valence-corrected chi connectivity index (χ1v) is 6.80. The lowest BCUT2D eigenvalue weighted by Crippen LogP contribution is -2.27. The molecule has 0 aliphatic heterocycles. The molecule has 0 saturated heterocycles. The smallest absolute Gasteiger partial charge is 0.345 e. The predicted molar refractivity (Wildman–Crippen MR) is 78.6 cm³/mol. The summed E-state index contributed by atoms with van der Waals surface area (Å²) in [6.07, 6.45) is 2.36. The molecule has 0 bridgehead atoms. The van der Waals surface area contributed by atoms with E-state index in [4.69, 9.17) is 4.52 Å². The van der Waals surface area contributed by atoms with Gasteiger partial charge in [0.05, 0.1) is 13.4 Å². The largest absolute Gasteiger partial charge is 0.465 e. The first-order valence-electron chi connectivity index (χ1n) is 6.80. The topological polar surface area (TPSA) is 100 Å². The third-order valence-electron chi connectivity index (χ3n) is 3.16. The van der Waals surface area contributed by atoms with Gasteiger partial charge in [0.1, 0.15) is 17.9 Å². The van der Waals surface area contributed by atoms with Crippen LogP contribution in [0, 0.1) is 5.82 Å². The van der Waals surface area contributed by atoms with Crippen LogP contribution in [0.15, 0.2) is 46.1 Å². The number of halogens is 1. The summed E-state index contributed by atoms with van der Waals surface area (Å²) in [4.78, 5) is 31.6. The van der Waals surface area contributed by atoms with Crippen molar-refractivity contribution >= 4 is 5.97 Å². The standard InChI is InChI=1S/C15H11FN4O4/c1-23-15(22)11-6-17-8-20(14(11)21)7-12-18-13(19-24-12)9-3-2-4-10(16)5-9/h2-6,8H,7H2,1H3. The Morgan fingerprint density at radius 3 is 3.00 bits per heavy atom. The first kappa shape index (κ1) is 15.5. The van der Waals surface area contributed by atoms with Crippen molar-refractivity contribution in [2.45, 2.75) is 6.54 Å². The van der Waals surface area contributed by atoms with Crippen molar-refractivity contribution in [1.29, 1.82) is 0 Å². The van der Waals surface area contributed by atoms with Crippen molar-refractivity contribution < 1.29 is 18.4 Å². The maximum atomic E-state index is 13.2. The van der Waals surface area contributed by atoms with Crippen LogP contribution in [0.4, 0.5) is 4.39 Å². The average molecular weight is 330 g/mol. The van der Waals surface area contributed by atoms with E-state index in [2.05, 4.69) is 19.9 Å². The number of benzene rings is 1. The van der Waals surface area contributed by atoms with Gasteiger partial charge in [0, 0.05) is 11.8 Å². The molecule has 3 aromatic rings. The third-order valence-corrected chi connectivity index (χ3v) is 3.16. The Morgan fingerprint density at radius 2 is 2.25 bits per heavy atom. The van der Waals surface area contributed by atoms with E-state index in [-0.39, 0.29) is 23.8 Å². The van der Waals surface area contributed by atoms with Gasteiger partial charge in [0.2, 0.25) is 11.7 Å². The van der Waals surface area contributed by atoms with E-state index in [1.54, 1.807) is 6.07 Å². The molecule has 0 atom stereocenters. The fourth-order valence-electron chi connectivity index (χ4n) is 2.02. The number of hydrogen-bond donors (Lipinski definition) is 0. The second kappa shape index (κ2) is 6.41. The van der Waals surface area contributed by atoms with Gasteiger partial charge >= 0.3 is 5.97 Å². The lowest BCUT2D eigenvalue weighted by Gasteiger charge is -2.03. The molecule has 0 aliphatic carbocycles. The van der Waals surface area contributed by atoms with Crippen LogP contribution in [0.1, 0.15) is 16.2 Å². The molecule has 1 aromatic carbocycles. The Labute approximate surface area is 134 Å². The molecule has 9 heteroatoms. The highest BCUT2D eigenvalue weighted by Gasteiger charge is 2.15. The predicted octanol–water partition coefficient (Wildman–Crippen LogP) is 1.27. The molecule has 0 amide bonds. The van der Waals surface area contributed by atoms with Gasteiger partial charge in [-0.05, 0) is 12.1 Å². The van der Waals surface area contributed by atoms with Crippen LogP contribution in [0.2, 0.25) is 0 Å². The zero-order chi connectivity index (χ0) is 17.1. The summed E-state index contributed by atoms with van der Waals surface area (Å²) >= 11 is 0. The normalized spacial score (nSPS) is 10.6. The van der Waals surface area contributed by atoms with Gasteiger partial charge in [-0.2, -0.15) is 4.98 Å². The molecule has 0 fully saturated rings. The Hall–Kier alpha value is -3.36.